The van der Waals surface area contributed by atoms with Crippen LogP contribution in [0, 0.1) is 0 Å². The molecule has 7 aromatic rings. The number of para-hydroxylation sites is 1. The summed E-state index contributed by atoms with van der Waals surface area (Å²) in [5.41, 5.74) is 3.93. The SMILES string of the molecule is O=c1cc(-c2ccccc2)nc2nc(-c3c4ccccc4nc4c3ccc3ccccc34)[nH]n12. The molecule has 0 fully saturated rings. The molecule has 0 aliphatic carbocycles. The molecule has 7 rings (SSSR count). The Kier molecular flexibility index (Phi) is 3.90. The molecule has 0 radical (unpaired) electrons. The molecule has 6 heteroatoms. The monoisotopic (exact) mass is 439 g/mol. The molecule has 0 bridgehead atoms. The molecule has 3 aromatic heterocycles. The molecule has 0 aliphatic heterocycles. The zero-order chi connectivity index (χ0) is 22.6. The van der Waals surface area contributed by atoms with Crippen molar-refractivity contribution in [2.75, 3.05) is 0 Å². The Morgan fingerprint density at radius 3 is 2.32 bits per heavy atom. The fourth-order valence-corrected chi connectivity index (χ4v) is 4.63. The fourth-order valence-electron chi connectivity index (χ4n) is 4.63. The van der Waals surface area contributed by atoms with E-state index in [-0.39, 0.29) is 5.56 Å². The van der Waals surface area contributed by atoms with Gasteiger partial charge in [-0.2, -0.15) is 9.50 Å². The zero-order valence-electron chi connectivity index (χ0n) is 17.9. The minimum absolute atomic E-state index is 0.212. The van der Waals surface area contributed by atoms with E-state index >= 15 is 0 Å². The van der Waals surface area contributed by atoms with Crippen molar-refractivity contribution in [3.05, 3.63) is 107 Å². The third-order valence-electron chi connectivity index (χ3n) is 6.21. The molecular formula is C28H17N5O. The summed E-state index contributed by atoms with van der Waals surface area (Å²) in [7, 11) is 0. The first-order valence-electron chi connectivity index (χ1n) is 11.0. The second kappa shape index (κ2) is 7.08. The van der Waals surface area contributed by atoms with Gasteiger partial charge in [-0.05, 0) is 11.5 Å². The lowest BCUT2D eigenvalue weighted by Gasteiger charge is -2.10. The van der Waals surface area contributed by atoms with Gasteiger partial charge in [0, 0.05) is 33.4 Å². The van der Waals surface area contributed by atoms with E-state index in [4.69, 9.17) is 9.97 Å². The molecule has 0 aliphatic rings. The third kappa shape index (κ3) is 2.75. The number of fused-ring (bicyclic) bond motifs is 5. The van der Waals surface area contributed by atoms with Crippen LogP contribution >= 0.6 is 0 Å². The highest BCUT2D eigenvalue weighted by molar-refractivity contribution is 6.16. The summed E-state index contributed by atoms with van der Waals surface area (Å²) in [4.78, 5) is 27.4. The summed E-state index contributed by atoms with van der Waals surface area (Å²) in [6.45, 7) is 0. The number of hydrogen-bond donors (Lipinski definition) is 1. The predicted octanol–water partition coefficient (Wildman–Crippen LogP) is 5.61. The van der Waals surface area contributed by atoms with E-state index in [1.54, 1.807) is 0 Å². The van der Waals surface area contributed by atoms with E-state index in [1.807, 2.05) is 66.7 Å². The van der Waals surface area contributed by atoms with Crippen molar-refractivity contribution in [2.24, 2.45) is 0 Å². The highest BCUT2D eigenvalue weighted by Gasteiger charge is 2.17. The maximum atomic E-state index is 13.0. The van der Waals surface area contributed by atoms with Gasteiger partial charge >= 0.3 is 0 Å². The molecule has 0 atom stereocenters. The number of pyridine rings is 1. The molecule has 0 unspecified atom stereocenters. The number of rotatable bonds is 2. The van der Waals surface area contributed by atoms with Crippen LogP contribution in [0.25, 0.3) is 61.0 Å². The second-order valence-corrected chi connectivity index (χ2v) is 8.24. The fraction of sp³-hybridized carbons (Fsp3) is 0. The van der Waals surface area contributed by atoms with E-state index in [9.17, 15) is 4.79 Å². The molecular weight excluding hydrogens is 422 g/mol. The lowest BCUT2D eigenvalue weighted by atomic mass is 9.98. The van der Waals surface area contributed by atoms with Crippen molar-refractivity contribution < 1.29 is 0 Å². The van der Waals surface area contributed by atoms with Gasteiger partial charge in [-0.1, -0.05) is 84.9 Å². The molecule has 160 valence electrons. The Balaban J connectivity index is 1.57. The average Bonchev–Trinajstić information content (AvgIpc) is 3.32. The van der Waals surface area contributed by atoms with Crippen molar-refractivity contribution in [3.63, 3.8) is 0 Å². The van der Waals surface area contributed by atoms with E-state index in [0.717, 1.165) is 43.7 Å². The minimum atomic E-state index is -0.212. The average molecular weight is 439 g/mol. The van der Waals surface area contributed by atoms with E-state index in [2.05, 4.69) is 34.3 Å². The molecule has 0 spiro atoms. The summed E-state index contributed by atoms with van der Waals surface area (Å²) in [5.74, 6) is 0.907. The standard InChI is InChI=1S/C28H17N5O/c34-24-16-23(18-9-2-1-3-10-18)30-28-31-27(32-33(24)28)25-20-12-6-7-13-22(20)29-26-19-11-5-4-8-17(19)14-15-21(25)26/h1-16H,(H,30,31,32). The quantitative estimate of drug-likeness (QED) is 0.281. The van der Waals surface area contributed by atoms with Gasteiger partial charge in [0.25, 0.3) is 11.3 Å². The largest absolute Gasteiger partial charge is 0.274 e. The molecule has 4 aromatic carbocycles. The number of H-pyrrole nitrogens is 1. The number of hydrogen-bond acceptors (Lipinski definition) is 4. The predicted molar refractivity (Wildman–Crippen MR) is 135 cm³/mol. The zero-order valence-corrected chi connectivity index (χ0v) is 17.9. The van der Waals surface area contributed by atoms with Crippen LogP contribution in [-0.4, -0.2) is 24.6 Å². The van der Waals surface area contributed by atoms with Gasteiger partial charge in [0.1, 0.15) is 0 Å². The number of nitrogens with zero attached hydrogens (tertiary/aromatic N) is 4. The lowest BCUT2D eigenvalue weighted by molar-refractivity contribution is 0.904. The summed E-state index contributed by atoms with van der Waals surface area (Å²) in [5, 5.41) is 7.32. The maximum Gasteiger partial charge on any atom is 0.274 e. The second-order valence-electron chi connectivity index (χ2n) is 8.24. The van der Waals surface area contributed by atoms with Gasteiger partial charge in [0.15, 0.2) is 5.82 Å². The Bertz CT molecular complexity index is 1940. The maximum absolute atomic E-state index is 13.0. The molecule has 6 nitrogen and oxygen atoms in total. The molecule has 1 N–H and O–H groups in total. The van der Waals surface area contributed by atoms with Crippen molar-refractivity contribution in [2.45, 2.75) is 0 Å². The van der Waals surface area contributed by atoms with Crippen molar-refractivity contribution >= 4 is 38.4 Å². The summed E-state index contributed by atoms with van der Waals surface area (Å²) < 4.78 is 1.39. The topological polar surface area (TPSA) is 75.9 Å². The number of aromatic amines is 1. The van der Waals surface area contributed by atoms with E-state index in [1.165, 1.54) is 10.6 Å². The molecule has 0 saturated heterocycles. The van der Waals surface area contributed by atoms with Crippen LogP contribution in [0.5, 0.6) is 0 Å². The van der Waals surface area contributed by atoms with Crippen molar-refractivity contribution in [1.82, 2.24) is 24.6 Å². The number of nitrogens with one attached hydrogen (secondary N) is 1. The first-order valence-corrected chi connectivity index (χ1v) is 11.0. The van der Waals surface area contributed by atoms with Crippen LogP contribution in [0.4, 0.5) is 0 Å². The third-order valence-corrected chi connectivity index (χ3v) is 6.21. The smallest absolute Gasteiger partial charge is 0.271 e. The number of benzene rings is 4. The molecule has 0 amide bonds. The van der Waals surface area contributed by atoms with Gasteiger partial charge in [-0.25, -0.2) is 9.97 Å². The van der Waals surface area contributed by atoms with Gasteiger partial charge in [-0.15, -0.1) is 0 Å². The van der Waals surface area contributed by atoms with Gasteiger partial charge in [0.2, 0.25) is 0 Å². The highest BCUT2D eigenvalue weighted by Crippen LogP contribution is 2.36. The summed E-state index contributed by atoms with van der Waals surface area (Å²) >= 11 is 0. The van der Waals surface area contributed by atoms with Crippen LogP contribution < -0.4 is 5.56 Å². The Labute approximate surface area is 193 Å². The Hall–Kier alpha value is -4.84. The number of aromatic nitrogens is 5. The van der Waals surface area contributed by atoms with Crippen LogP contribution in [0.1, 0.15) is 0 Å². The van der Waals surface area contributed by atoms with Crippen molar-refractivity contribution in [1.29, 1.82) is 0 Å². The highest BCUT2D eigenvalue weighted by atomic mass is 16.1. The molecule has 0 saturated carbocycles. The van der Waals surface area contributed by atoms with E-state index < -0.39 is 0 Å². The van der Waals surface area contributed by atoms with Gasteiger partial charge in [-0.3, -0.25) is 9.89 Å². The molecule has 34 heavy (non-hydrogen) atoms. The first-order chi connectivity index (χ1) is 16.8. The summed E-state index contributed by atoms with van der Waals surface area (Å²) in [6.07, 6.45) is 0. The normalized spacial score (nSPS) is 11.6. The lowest BCUT2D eigenvalue weighted by Crippen LogP contribution is -2.14. The summed E-state index contributed by atoms with van der Waals surface area (Å²) in [6, 6.07) is 31.6. The van der Waals surface area contributed by atoms with Crippen LogP contribution in [-0.2, 0) is 0 Å². The molecule has 3 heterocycles. The van der Waals surface area contributed by atoms with Crippen LogP contribution in [0.15, 0.2) is 102 Å². The first kappa shape index (κ1) is 18.7. The Morgan fingerprint density at radius 2 is 1.44 bits per heavy atom. The van der Waals surface area contributed by atoms with Crippen LogP contribution in [0.2, 0.25) is 0 Å². The minimum Gasteiger partial charge on any atom is -0.271 e. The van der Waals surface area contributed by atoms with Crippen molar-refractivity contribution in [3.8, 4) is 22.6 Å². The Morgan fingerprint density at radius 1 is 0.676 bits per heavy atom. The van der Waals surface area contributed by atoms with Crippen LogP contribution in [0.3, 0.4) is 0 Å². The van der Waals surface area contributed by atoms with E-state index in [0.29, 0.717) is 17.3 Å². The van der Waals surface area contributed by atoms with Gasteiger partial charge in [0.05, 0.1) is 16.7 Å². The van der Waals surface area contributed by atoms with Gasteiger partial charge < -0.3 is 0 Å².